The van der Waals surface area contributed by atoms with Crippen LogP contribution in [0.5, 0.6) is 0 Å². The molecule has 3 rings (SSSR count). The first-order valence-electron chi connectivity index (χ1n) is 8.26. The van der Waals surface area contributed by atoms with Crippen molar-refractivity contribution >= 4 is 40.4 Å². The third-order valence-electron chi connectivity index (χ3n) is 4.55. The highest BCUT2D eigenvalue weighted by Crippen LogP contribution is 2.66. The molecule has 1 aliphatic rings. The fourth-order valence-corrected chi connectivity index (χ4v) is 6.33. The van der Waals surface area contributed by atoms with Gasteiger partial charge in [0.2, 0.25) is 0 Å². The number of hydrogen-bond donors (Lipinski definition) is 5. The van der Waals surface area contributed by atoms with Gasteiger partial charge in [0.15, 0.2) is 11.5 Å². The first-order chi connectivity index (χ1) is 14.2. The molecule has 1 fully saturated rings. The predicted octanol–water partition coefficient (Wildman–Crippen LogP) is 1.41. The number of halogens is 1. The van der Waals surface area contributed by atoms with E-state index in [2.05, 4.69) is 28.1 Å². The van der Waals surface area contributed by atoms with Gasteiger partial charge in [-0.3, -0.25) is 4.52 Å². The lowest BCUT2D eigenvalue weighted by molar-refractivity contribution is 0.0974. The zero-order chi connectivity index (χ0) is 23.2. The Morgan fingerprint density at radius 3 is 2.45 bits per heavy atom. The molecule has 31 heavy (non-hydrogen) atoms. The number of hydrogen-bond acceptors (Lipinski definition) is 10. The number of rotatable bonds is 8. The summed E-state index contributed by atoms with van der Waals surface area (Å²) in [6.07, 6.45) is 2.88. The van der Waals surface area contributed by atoms with E-state index in [1.807, 2.05) is 0 Å². The highest BCUT2D eigenvalue weighted by atomic mass is 31.3. The molecule has 0 aromatic carbocycles. The molecule has 2 aromatic heterocycles. The van der Waals surface area contributed by atoms with Crippen LogP contribution >= 0.6 is 23.5 Å². The van der Waals surface area contributed by atoms with E-state index >= 15 is 0 Å². The second-order valence-corrected chi connectivity index (χ2v) is 10.9. The van der Waals surface area contributed by atoms with E-state index in [0.717, 1.165) is 0 Å². The Balaban J connectivity index is 1.71. The summed E-state index contributed by atoms with van der Waals surface area (Å²) >= 11 is 0. The molecule has 2 unspecified atom stereocenters. The first kappa shape index (κ1) is 24.1. The molecule has 0 spiro atoms. The fraction of sp³-hybridized carbons (Fsp3) is 0.417. The van der Waals surface area contributed by atoms with Crippen molar-refractivity contribution in [3.63, 3.8) is 0 Å². The molecule has 5 atom stereocenters. The average Bonchev–Trinajstić information content (AvgIpc) is 3.01. The molecule has 15 nitrogen and oxygen atoms in total. The lowest BCUT2D eigenvalue weighted by Gasteiger charge is -2.45. The molecular formula is C12H17FN5O10P3. The zero-order valence-corrected chi connectivity index (χ0v) is 18.2. The van der Waals surface area contributed by atoms with Gasteiger partial charge in [-0.25, -0.2) is 33.0 Å². The lowest BCUT2D eigenvalue weighted by Crippen LogP contribution is -2.41. The fourth-order valence-electron chi connectivity index (χ4n) is 3.29. The molecule has 0 radical (unpaired) electrons. The van der Waals surface area contributed by atoms with E-state index in [4.69, 9.17) is 20.4 Å². The van der Waals surface area contributed by atoms with Crippen molar-refractivity contribution < 1.29 is 50.8 Å². The van der Waals surface area contributed by atoms with E-state index in [1.54, 1.807) is 11.5 Å². The molecule has 0 amide bonds. The maximum absolute atomic E-state index is 13.6. The molecule has 19 heteroatoms. The average molecular weight is 503 g/mol. The van der Waals surface area contributed by atoms with Crippen LogP contribution in [0.4, 0.5) is 10.2 Å². The van der Waals surface area contributed by atoms with Gasteiger partial charge in [-0.05, 0) is 11.5 Å². The molecule has 0 saturated heterocycles. The SMILES string of the molecule is C[C@H]1[C@H](n2cnc3c(N)ncnc32)/C(=C/F)[C@@H]1COP(=O)(O)OP(=O)(O)OP(=O)(O)O. The minimum absolute atomic E-state index is 0.130. The number of aromatic nitrogens is 4. The summed E-state index contributed by atoms with van der Waals surface area (Å²) in [4.78, 5) is 47.8. The van der Waals surface area contributed by atoms with Gasteiger partial charge in [0.25, 0.3) is 0 Å². The van der Waals surface area contributed by atoms with Crippen molar-refractivity contribution in [2.75, 3.05) is 12.3 Å². The lowest BCUT2D eigenvalue weighted by atomic mass is 9.66. The molecule has 0 bridgehead atoms. The number of fused-ring (bicyclic) bond motifs is 1. The van der Waals surface area contributed by atoms with Crippen LogP contribution < -0.4 is 5.73 Å². The van der Waals surface area contributed by atoms with Crippen LogP contribution in [-0.4, -0.2) is 45.7 Å². The third-order valence-corrected chi connectivity index (χ3v) is 8.35. The molecule has 172 valence electrons. The van der Waals surface area contributed by atoms with E-state index in [1.165, 1.54) is 12.7 Å². The third kappa shape index (κ3) is 5.26. The van der Waals surface area contributed by atoms with E-state index in [9.17, 15) is 23.0 Å². The Morgan fingerprint density at radius 1 is 1.16 bits per heavy atom. The monoisotopic (exact) mass is 503 g/mol. The quantitative estimate of drug-likeness (QED) is 0.321. The van der Waals surface area contributed by atoms with Gasteiger partial charge in [-0.1, -0.05) is 6.92 Å². The van der Waals surface area contributed by atoms with Crippen LogP contribution in [0.2, 0.25) is 0 Å². The molecular weight excluding hydrogens is 486 g/mol. The number of anilines is 1. The summed E-state index contributed by atoms with van der Waals surface area (Å²) in [5, 5.41) is 0. The molecule has 0 aliphatic heterocycles. The van der Waals surface area contributed by atoms with Gasteiger partial charge in [-0.15, -0.1) is 0 Å². The van der Waals surface area contributed by atoms with Crippen molar-refractivity contribution in [2.24, 2.45) is 11.8 Å². The van der Waals surface area contributed by atoms with Crippen LogP contribution in [0.15, 0.2) is 24.6 Å². The van der Waals surface area contributed by atoms with Crippen LogP contribution in [0.3, 0.4) is 0 Å². The van der Waals surface area contributed by atoms with Crippen LogP contribution in [0.1, 0.15) is 13.0 Å². The van der Waals surface area contributed by atoms with Crippen molar-refractivity contribution in [3.05, 3.63) is 24.6 Å². The smallest absolute Gasteiger partial charge is 0.382 e. The molecule has 1 saturated carbocycles. The van der Waals surface area contributed by atoms with Gasteiger partial charge in [0.05, 0.1) is 25.3 Å². The highest BCUT2D eigenvalue weighted by molar-refractivity contribution is 7.66. The van der Waals surface area contributed by atoms with Crippen molar-refractivity contribution in [1.29, 1.82) is 0 Å². The van der Waals surface area contributed by atoms with Crippen LogP contribution in [-0.2, 0) is 26.8 Å². The second kappa shape index (κ2) is 8.41. The van der Waals surface area contributed by atoms with Crippen molar-refractivity contribution in [1.82, 2.24) is 19.5 Å². The predicted molar refractivity (Wildman–Crippen MR) is 100 cm³/mol. The standard InChI is InChI=1S/C12H17FN5O10P3/c1-6-8(3-26-30(22,23)28-31(24,25)27-29(19,20)21)7(2-13)10(6)18-5-17-9-11(14)15-4-16-12(9)18/h2,4-6,8,10H,3H2,1H3,(H,22,23)(H,24,25)(H2,14,15,16)(H2,19,20,21)/b7-2+/t6-,8-,10+/m1/s1. The van der Waals surface area contributed by atoms with E-state index < -0.39 is 42.0 Å². The Bertz CT molecular complexity index is 1170. The van der Waals surface area contributed by atoms with Crippen LogP contribution in [0, 0.1) is 11.8 Å². The Kier molecular flexibility index (Phi) is 6.53. The Hall–Kier alpha value is -1.57. The Morgan fingerprint density at radius 2 is 1.84 bits per heavy atom. The maximum atomic E-state index is 13.6. The highest BCUT2D eigenvalue weighted by Gasteiger charge is 2.47. The zero-order valence-electron chi connectivity index (χ0n) is 15.5. The first-order valence-corrected chi connectivity index (χ1v) is 12.8. The largest absolute Gasteiger partial charge is 0.490 e. The summed E-state index contributed by atoms with van der Waals surface area (Å²) in [6, 6.07) is -0.584. The topological polar surface area (TPSA) is 229 Å². The Labute approximate surface area is 173 Å². The molecule has 6 N–H and O–H groups in total. The van der Waals surface area contributed by atoms with Gasteiger partial charge < -0.3 is 29.9 Å². The summed E-state index contributed by atoms with van der Waals surface area (Å²) in [6.45, 7) is 1.06. The van der Waals surface area contributed by atoms with Crippen molar-refractivity contribution in [3.8, 4) is 0 Å². The van der Waals surface area contributed by atoms with Gasteiger partial charge in [-0.2, -0.15) is 8.62 Å². The number of nitrogens with zero attached hydrogens (tertiary/aromatic N) is 4. The van der Waals surface area contributed by atoms with Crippen LogP contribution in [0.25, 0.3) is 11.2 Å². The normalized spacial score (nSPS) is 27.0. The number of phosphoric acid groups is 3. The maximum Gasteiger partial charge on any atom is 0.490 e. The number of nitrogens with two attached hydrogens (primary N) is 1. The van der Waals surface area contributed by atoms with Crippen molar-refractivity contribution in [2.45, 2.75) is 13.0 Å². The number of nitrogen functional groups attached to an aromatic ring is 1. The minimum atomic E-state index is -5.64. The van der Waals surface area contributed by atoms with Gasteiger partial charge in [0, 0.05) is 5.92 Å². The summed E-state index contributed by atoms with van der Waals surface area (Å²) < 4.78 is 60.9. The molecule has 2 heterocycles. The number of phosphoric ester groups is 1. The molecule has 2 aromatic rings. The summed E-state index contributed by atoms with van der Waals surface area (Å²) in [5.41, 5.74) is 6.53. The van der Waals surface area contributed by atoms with E-state index in [0.29, 0.717) is 11.2 Å². The van der Waals surface area contributed by atoms with Gasteiger partial charge >= 0.3 is 23.5 Å². The summed E-state index contributed by atoms with van der Waals surface area (Å²) in [7, 11) is -16.4. The molecule has 1 aliphatic carbocycles. The summed E-state index contributed by atoms with van der Waals surface area (Å²) in [5.74, 6) is -1.01. The number of imidazole rings is 1. The minimum Gasteiger partial charge on any atom is -0.382 e. The second-order valence-electron chi connectivity index (χ2n) is 6.49. The van der Waals surface area contributed by atoms with Gasteiger partial charge in [0.1, 0.15) is 11.8 Å². The van der Waals surface area contributed by atoms with E-state index in [-0.39, 0.29) is 23.6 Å².